The first-order chi connectivity index (χ1) is 15.5. The summed E-state index contributed by atoms with van der Waals surface area (Å²) in [5.74, 6) is 1.46. The minimum absolute atomic E-state index is 0.0238. The Morgan fingerprint density at radius 2 is 1.82 bits per heavy atom. The third-order valence-corrected chi connectivity index (χ3v) is 10.9. The van der Waals surface area contributed by atoms with Crippen LogP contribution >= 0.6 is 11.6 Å². The van der Waals surface area contributed by atoms with Gasteiger partial charge >= 0.3 is 11.4 Å². The normalized spacial score (nSPS) is 47.6. The number of rotatable bonds is 5. The van der Waals surface area contributed by atoms with Gasteiger partial charge in [-0.05, 0) is 97.7 Å². The molecule has 0 bridgehead atoms. The number of esters is 1. The molecule has 6 nitrogen and oxygen atoms in total. The van der Waals surface area contributed by atoms with Gasteiger partial charge in [-0.2, -0.15) is 0 Å². The topological polar surface area (TPSA) is 93.1 Å². The molecule has 188 valence electrons. The van der Waals surface area contributed by atoms with Gasteiger partial charge in [-0.3, -0.25) is 4.79 Å². The highest BCUT2D eigenvalue weighted by atomic mass is 35.5. The fraction of sp³-hybridized carbons (Fsp3) is 0.923. The molecule has 0 saturated heterocycles. The number of methoxy groups -OCH3 is 1. The summed E-state index contributed by atoms with van der Waals surface area (Å²) in [7, 11) is 1.43. The first kappa shape index (κ1) is 25.2. The van der Waals surface area contributed by atoms with Crippen molar-refractivity contribution in [3.63, 3.8) is 0 Å². The van der Waals surface area contributed by atoms with E-state index in [9.17, 15) is 19.8 Å². The molecule has 0 radical (unpaired) electrons. The maximum atomic E-state index is 11.7. The van der Waals surface area contributed by atoms with E-state index in [1.54, 1.807) is 0 Å². The fourth-order valence-corrected chi connectivity index (χ4v) is 9.13. The second-order valence-corrected chi connectivity index (χ2v) is 12.3. The molecular weight excluding hydrogens is 444 g/mol. The van der Waals surface area contributed by atoms with Crippen LogP contribution in [0, 0.1) is 46.3 Å². The number of fused-ring (bicyclic) bond motifs is 5. The summed E-state index contributed by atoms with van der Waals surface area (Å²) in [5, 5.41) is 23.1. The molecule has 0 amide bonds. The second kappa shape index (κ2) is 9.31. The molecule has 0 aromatic carbocycles. The Morgan fingerprint density at radius 1 is 1.09 bits per heavy atom. The third kappa shape index (κ3) is 4.23. The summed E-state index contributed by atoms with van der Waals surface area (Å²) in [6, 6.07) is 0. The van der Waals surface area contributed by atoms with Gasteiger partial charge < -0.3 is 19.7 Å². The van der Waals surface area contributed by atoms with Crippen LogP contribution in [0.15, 0.2) is 0 Å². The first-order valence-corrected chi connectivity index (χ1v) is 13.2. The maximum Gasteiger partial charge on any atom is 0.404 e. The molecule has 7 unspecified atom stereocenters. The number of aliphatic hydroxyl groups excluding tert-OH is 2. The average Bonchev–Trinajstić information content (AvgIpc) is 3.11. The lowest BCUT2D eigenvalue weighted by Gasteiger charge is -2.63. The highest BCUT2D eigenvalue weighted by molar-refractivity contribution is 6.61. The molecule has 4 fully saturated rings. The van der Waals surface area contributed by atoms with Crippen LogP contribution in [-0.4, -0.2) is 47.0 Å². The standard InChI is InChI=1S/C26H41ClO6/c1-14(5-8-22(30)32-4)17-6-7-18-23-19(13-21(29)26(17,18)3)25(2)10-9-16(33-24(27)31)11-15(25)12-20(23)28/h14-21,23,28-29H,5-13H2,1-4H3/t14?,15-,16+,17?,18-,19?,20?,21?,23+,25?,26?/m0/s1. The molecule has 4 rings (SSSR count). The zero-order valence-electron chi connectivity index (χ0n) is 20.5. The molecule has 4 aliphatic rings. The van der Waals surface area contributed by atoms with Gasteiger partial charge in [0.05, 0.1) is 19.3 Å². The Kier molecular flexibility index (Phi) is 7.12. The Morgan fingerprint density at radius 3 is 2.48 bits per heavy atom. The highest BCUT2D eigenvalue weighted by Gasteiger charge is 2.65. The highest BCUT2D eigenvalue weighted by Crippen LogP contribution is 2.68. The van der Waals surface area contributed by atoms with Crippen molar-refractivity contribution in [3.05, 3.63) is 0 Å². The van der Waals surface area contributed by atoms with Crippen LogP contribution in [0.1, 0.15) is 78.6 Å². The maximum absolute atomic E-state index is 11.7. The number of aliphatic hydroxyl groups is 2. The van der Waals surface area contributed by atoms with E-state index in [0.29, 0.717) is 24.7 Å². The van der Waals surface area contributed by atoms with E-state index in [2.05, 4.69) is 20.8 Å². The molecule has 0 spiro atoms. The molecule has 11 atom stereocenters. The molecule has 4 aliphatic carbocycles. The lowest BCUT2D eigenvalue weighted by Crippen LogP contribution is -2.62. The van der Waals surface area contributed by atoms with E-state index in [4.69, 9.17) is 21.1 Å². The minimum Gasteiger partial charge on any atom is -0.469 e. The van der Waals surface area contributed by atoms with E-state index in [1.165, 1.54) is 7.11 Å². The molecule has 0 aromatic rings. The van der Waals surface area contributed by atoms with Gasteiger partial charge in [0.25, 0.3) is 0 Å². The zero-order chi connectivity index (χ0) is 24.1. The largest absolute Gasteiger partial charge is 0.469 e. The quantitative estimate of drug-likeness (QED) is 0.425. The fourth-order valence-electron chi connectivity index (χ4n) is 9.00. The summed E-state index contributed by atoms with van der Waals surface area (Å²) in [6.45, 7) is 6.78. The molecule has 2 N–H and O–H groups in total. The Hall–Kier alpha value is -0.850. The third-order valence-electron chi connectivity index (χ3n) is 10.8. The number of carbonyl (C=O) groups excluding carboxylic acids is 2. The smallest absolute Gasteiger partial charge is 0.404 e. The number of hydrogen-bond acceptors (Lipinski definition) is 6. The van der Waals surface area contributed by atoms with Crippen molar-refractivity contribution in [2.75, 3.05) is 7.11 Å². The van der Waals surface area contributed by atoms with Crippen molar-refractivity contribution >= 4 is 23.0 Å². The Bertz CT molecular complexity index is 759. The molecule has 4 saturated carbocycles. The predicted octanol–water partition coefficient (Wildman–Crippen LogP) is 4.92. The summed E-state index contributed by atoms with van der Waals surface area (Å²) in [6.07, 6.45) is 6.11. The van der Waals surface area contributed by atoms with Crippen LogP contribution in [0.4, 0.5) is 4.79 Å². The van der Waals surface area contributed by atoms with E-state index < -0.39 is 17.6 Å². The van der Waals surface area contributed by atoms with Gasteiger partial charge in [0.2, 0.25) is 0 Å². The van der Waals surface area contributed by atoms with Gasteiger partial charge in [0.1, 0.15) is 6.10 Å². The van der Waals surface area contributed by atoms with E-state index >= 15 is 0 Å². The van der Waals surface area contributed by atoms with Crippen LogP contribution in [0.3, 0.4) is 0 Å². The van der Waals surface area contributed by atoms with Crippen molar-refractivity contribution in [1.82, 2.24) is 0 Å². The number of halogens is 1. The monoisotopic (exact) mass is 484 g/mol. The number of hydrogen-bond donors (Lipinski definition) is 2. The first-order valence-electron chi connectivity index (χ1n) is 12.8. The summed E-state index contributed by atoms with van der Waals surface area (Å²) >= 11 is 5.47. The van der Waals surface area contributed by atoms with Crippen molar-refractivity contribution in [3.8, 4) is 0 Å². The van der Waals surface area contributed by atoms with Crippen molar-refractivity contribution in [2.24, 2.45) is 46.3 Å². The number of ether oxygens (including phenoxy) is 2. The van der Waals surface area contributed by atoms with Crippen LogP contribution < -0.4 is 0 Å². The SMILES string of the molecule is COC(=O)CCC(C)C1CC[C@H]2[C@H]3C(O)C[C@@H]4C[C@H](OC(=O)Cl)CCC4(C)C3CC(O)C12C. The van der Waals surface area contributed by atoms with Crippen LogP contribution in [0.5, 0.6) is 0 Å². The average molecular weight is 485 g/mol. The Balaban J connectivity index is 1.54. The molecule has 7 heteroatoms. The van der Waals surface area contributed by atoms with Crippen LogP contribution in [0.25, 0.3) is 0 Å². The molecule has 0 aliphatic heterocycles. The lowest BCUT2D eigenvalue weighted by molar-refractivity contribution is -0.206. The second-order valence-electron chi connectivity index (χ2n) is 11.9. The summed E-state index contributed by atoms with van der Waals surface area (Å²) in [5.41, 5.74) is -0.970. The van der Waals surface area contributed by atoms with Gasteiger partial charge in [-0.15, -0.1) is 0 Å². The van der Waals surface area contributed by atoms with Crippen molar-refractivity contribution in [1.29, 1.82) is 0 Å². The number of carbonyl (C=O) groups is 2. The lowest BCUT2D eigenvalue weighted by atomic mass is 9.43. The zero-order valence-corrected chi connectivity index (χ0v) is 21.2. The molecule has 0 aromatic heterocycles. The molecule has 0 heterocycles. The summed E-state index contributed by atoms with van der Waals surface area (Å²) in [4.78, 5) is 23.0. The van der Waals surface area contributed by atoms with Crippen molar-refractivity contribution < 1.29 is 29.3 Å². The molecular formula is C26H41ClO6. The molecule has 33 heavy (non-hydrogen) atoms. The van der Waals surface area contributed by atoms with E-state index in [1.807, 2.05) is 0 Å². The van der Waals surface area contributed by atoms with Gasteiger partial charge in [-0.1, -0.05) is 20.8 Å². The predicted molar refractivity (Wildman–Crippen MR) is 125 cm³/mol. The summed E-state index contributed by atoms with van der Waals surface area (Å²) < 4.78 is 10.1. The van der Waals surface area contributed by atoms with Gasteiger partial charge in [0.15, 0.2) is 0 Å². The van der Waals surface area contributed by atoms with Crippen molar-refractivity contribution in [2.45, 2.75) is 96.9 Å². The van der Waals surface area contributed by atoms with Gasteiger partial charge in [-0.25, -0.2) is 4.79 Å². The van der Waals surface area contributed by atoms with Gasteiger partial charge in [0, 0.05) is 18.0 Å². The van der Waals surface area contributed by atoms with E-state index in [-0.39, 0.29) is 46.6 Å². The van der Waals surface area contributed by atoms with Crippen LogP contribution in [0.2, 0.25) is 0 Å². The Labute approximate surface area is 202 Å². The van der Waals surface area contributed by atoms with E-state index in [0.717, 1.165) is 44.9 Å². The minimum atomic E-state index is -0.750. The van der Waals surface area contributed by atoms with Crippen LogP contribution in [-0.2, 0) is 14.3 Å².